The quantitative estimate of drug-likeness (QED) is 0.498. The number of para-hydroxylation sites is 1. The molecule has 0 radical (unpaired) electrons. The first kappa shape index (κ1) is 19.3. The molecule has 2 amide bonds. The Balaban J connectivity index is 1.52. The SMILES string of the molecule is COc1ccc(N2C(=O)C[C@H](c3c(C)[nH]n(-c4nc5ccccc5s4)c3=O)C2=O)cc1. The third-order valence-electron chi connectivity index (χ3n) is 5.42. The molecule has 156 valence electrons. The minimum absolute atomic E-state index is 0.0569. The van der Waals surface area contributed by atoms with Crippen LogP contribution in [-0.4, -0.2) is 33.7 Å². The molecule has 31 heavy (non-hydrogen) atoms. The molecule has 8 nitrogen and oxygen atoms in total. The zero-order chi connectivity index (χ0) is 21.7. The predicted molar refractivity (Wildman–Crippen MR) is 117 cm³/mol. The van der Waals surface area contributed by atoms with Gasteiger partial charge in [-0.25, -0.2) is 9.88 Å². The molecule has 1 saturated heterocycles. The fourth-order valence-corrected chi connectivity index (χ4v) is 4.85. The van der Waals surface area contributed by atoms with Gasteiger partial charge in [0, 0.05) is 12.1 Å². The van der Waals surface area contributed by atoms with E-state index in [1.165, 1.54) is 16.0 Å². The summed E-state index contributed by atoms with van der Waals surface area (Å²) in [5, 5.41) is 3.52. The average Bonchev–Trinajstić information content (AvgIpc) is 3.41. The number of hydrogen-bond donors (Lipinski definition) is 1. The van der Waals surface area contributed by atoms with Crippen molar-refractivity contribution >= 4 is 39.1 Å². The number of imide groups is 1. The number of carbonyl (C=O) groups is 2. The standard InChI is InChI=1S/C22H18N4O4S/c1-12-19(21(29)26(24-12)22-23-16-5-3-4-6-17(16)31-22)15-11-18(27)25(20(15)28)13-7-9-14(30-2)10-8-13/h3-10,15,24H,11H2,1-2H3/t15-/m1/s1. The van der Waals surface area contributed by atoms with Crippen molar-refractivity contribution in [3.8, 4) is 10.9 Å². The zero-order valence-corrected chi connectivity index (χ0v) is 17.6. The molecule has 5 rings (SSSR count). The third kappa shape index (κ3) is 3.05. The number of anilines is 1. The van der Waals surface area contributed by atoms with Crippen molar-refractivity contribution in [3.05, 3.63) is 70.1 Å². The van der Waals surface area contributed by atoms with Crippen LogP contribution in [0, 0.1) is 6.92 Å². The maximum Gasteiger partial charge on any atom is 0.277 e. The van der Waals surface area contributed by atoms with Crippen molar-refractivity contribution in [1.29, 1.82) is 0 Å². The molecule has 3 heterocycles. The van der Waals surface area contributed by atoms with Crippen molar-refractivity contribution in [1.82, 2.24) is 14.8 Å². The van der Waals surface area contributed by atoms with E-state index in [1.807, 2.05) is 24.3 Å². The highest BCUT2D eigenvalue weighted by atomic mass is 32.1. The second-order valence-corrected chi connectivity index (χ2v) is 8.29. The van der Waals surface area contributed by atoms with Crippen molar-refractivity contribution in [3.63, 3.8) is 0 Å². The van der Waals surface area contributed by atoms with Crippen LogP contribution in [-0.2, 0) is 9.59 Å². The average molecular weight is 434 g/mol. The van der Waals surface area contributed by atoms with Gasteiger partial charge >= 0.3 is 0 Å². The Morgan fingerprint density at radius 2 is 1.84 bits per heavy atom. The number of amides is 2. The van der Waals surface area contributed by atoms with Crippen LogP contribution in [0.2, 0.25) is 0 Å². The highest BCUT2D eigenvalue weighted by molar-refractivity contribution is 7.20. The molecule has 1 aliphatic heterocycles. The number of rotatable bonds is 4. The van der Waals surface area contributed by atoms with E-state index in [9.17, 15) is 14.4 Å². The van der Waals surface area contributed by atoms with Crippen LogP contribution in [0.3, 0.4) is 0 Å². The van der Waals surface area contributed by atoms with Crippen LogP contribution < -0.4 is 15.2 Å². The van der Waals surface area contributed by atoms with Crippen molar-refractivity contribution in [2.45, 2.75) is 19.3 Å². The first-order valence-corrected chi connectivity index (χ1v) is 10.5. The number of aromatic amines is 1. The number of carbonyl (C=O) groups excluding carboxylic acids is 2. The lowest BCUT2D eigenvalue weighted by Crippen LogP contribution is -2.31. The summed E-state index contributed by atoms with van der Waals surface area (Å²) in [7, 11) is 1.54. The maximum atomic E-state index is 13.2. The van der Waals surface area contributed by atoms with Gasteiger partial charge in [0.1, 0.15) is 5.75 Å². The molecular formula is C22H18N4O4S. The normalized spacial score (nSPS) is 16.5. The molecule has 1 N–H and O–H groups in total. The van der Waals surface area contributed by atoms with E-state index >= 15 is 0 Å². The number of H-pyrrole nitrogens is 1. The Morgan fingerprint density at radius 3 is 2.55 bits per heavy atom. The van der Waals surface area contributed by atoms with Gasteiger partial charge in [0.2, 0.25) is 16.9 Å². The van der Waals surface area contributed by atoms with Crippen LogP contribution >= 0.6 is 11.3 Å². The molecule has 0 saturated carbocycles. The van der Waals surface area contributed by atoms with Crippen LogP contribution in [0.25, 0.3) is 15.3 Å². The van der Waals surface area contributed by atoms with Gasteiger partial charge in [-0.1, -0.05) is 23.5 Å². The summed E-state index contributed by atoms with van der Waals surface area (Å²) in [6.07, 6.45) is -0.0569. The van der Waals surface area contributed by atoms with Crippen LogP contribution in [0.15, 0.2) is 53.3 Å². The molecule has 1 atom stereocenters. The fourth-order valence-electron chi connectivity index (χ4n) is 3.92. The van der Waals surface area contributed by atoms with Crippen molar-refractivity contribution < 1.29 is 14.3 Å². The molecule has 9 heteroatoms. The smallest absolute Gasteiger partial charge is 0.277 e. The summed E-state index contributed by atoms with van der Waals surface area (Å²) in [6, 6.07) is 14.3. The highest BCUT2D eigenvalue weighted by Crippen LogP contribution is 2.34. The Bertz CT molecular complexity index is 1350. The van der Waals surface area contributed by atoms with E-state index < -0.39 is 11.8 Å². The van der Waals surface area contributed by atoms with Crippen LogP contribution in [0.4, 0.5) is 5.69 Å². The van der Waals surface area contributed by atoms with E-state index in [4.69, 9.17) is 4.74 Å². The lowest BCUT2D eigenvalue weighted by Gasteiger charge is -2.15. The minimum Gasteiger partial charge on any atom is -0.497 e. The van der Waals surface area contributed by atoms with E-state index in [1.54, 1.807) is 38.3 Å². The Kier molecular flexibility index (Phi) is 4.48. The zero-order valence-electron chi connectivity index (χ0n) is 16.8. The summed E-state index contributed by atoms with van der Waals surface area (Å²) in [5.74, 6) is -0.967. The number of aryl methyl sites for hydroxylation is 1. The van der Waals surface area contributed by atoms with E-state index in [2.05, 4.69) is 10.1 Å². The molecule has 0 unspecified atom stereocenters. The molecule has 2 aromatic carbocycles. The molecule has 0 aliphatic carbocycles. The number of aromatic nitrogens is 3. The van der Waals surface area contributed by atoms with E-state index in [-0.39, 0.29) is 17.9 Å². The highest BCUT2D eigenvalue weighted by Gasteiger charge is 2.43. The van der Waals surface area contributed by atoms with Crippen molar-refractivity contribution in [2.24, 2.45) is 0 Å². The number of nitrogens with zero attached hydrogens (tertiary/aromatic N) is 3. The lowest BCUT2D eigenvalue weighted by molar-refractivity contribution is -0.121. The largest absolute Gasteiger partial charge is 0.497 e. The van der Waals surface area contributed by atoms with E-state index in [0.29, 0.717) is 27.8 Å². The Hall–Kier alpha value is -3.72. The number of nitrogens with one attached hydrogen (secondary N) is 1. The summed E-state index contributed by atoms with van der Waals surface area (Å²) in [5.41, 5.74) is 1.74. The number of ether oxygens (including phenoxy) is 1. The summed E-state index contributed by atoms with van der Waals surface area (Å²) < 4.78 is 7.44. The molecule has 1 fully saturated rings. The summed E-state index contributed by atoms with van der Waals surface area (Å²) >= 11 is 1.38. The van der Waals surface area contributed by atoms with Gasteiger partial charge in [-0.15, -0.1) is 0 Å². The summed E-state index contributed by atoms with van der Waals surface area (Å²) in [6.45, 7) is 1.73. The minimum atomic E-state index is -0.839. The number of benzene rings is 2. The van der Waals surface area contributed by atoms with Gasteiger partial charge in [-0.2, -0.15) is 4.68 Å². The first-order chi connectivity index (χ1) is 15.0. The predicted octanol–water partition coefficient (Wildman–Crippen LogP) is 3.14. The lowest BCUT2D eigenvalue weighted by atomic mass is 9.98. The second-order valence-electron chi connectivity index (χ2n) is 7.28. The number of fused-ring (bicyclic) bond motifs is 1. The van der Waals surface area contributed by atoms with Crippen LogP contribution in [0.1, 0.15) is 23.6 Å². The fraction of sp³-hybridized carbons (Fsp3) is 0.182. The van der Waals surface area contributed by atoms with Crippen molar-refractivity contribution in [2.75, 3.05) is 12.0 Å². The monoisotopic (exact) mass is 434 g/mol. The molecule has 0 spiro atoms. The van der Waals surface area contributed by atoms with Gasteiger partial charge in [-0.3, -0.25) is 19.5 Å². The van der Waals surface area contributed by atoms with Crippen LogP contribution in [0.5, 0.6) is 5.75 Å². The number of hydrogen-bond acceptors (Lipinski definition) is 6. The molecule has 4 aromatic rings. The van der Waals surface area contributed by atoms with Gasteiger partial charge in [0.15, 0.2) is 0 Å². The first-order valence-electron chi connectivity index (χ1n) is 9.66. The molecule has 2 aromatic heterocycles. The maximum absolute atomic E-state index is 13.2. The third-order valence-corrected chi connectivity index (χ3v) is 6.44. The number of methoxy groups -OCH3 is 1. The van der Waals surface area contributed by atoms with E-state index in [0.717, 1.165) is 15.1 Å². The van der Waals surface area contributed by atoms with Gasteiger partial charge in [-0.05, 0) is 43.3 Å². The molecular weight excluding hydrogens is 416 g/mol. The topological polar surface area (TPSA) is 97.3 Å². The second kappa shape index (κ2) is 7.21. The number of thiazole rings is 1. The van der Waals surface area contributed by atoms with Gasteiger partial charge < -0.3 is 4.74 Å². The Morgan fingerprint density at radius 1 is 1.10 bits per heavy atom. The Labute approximate surface area is 180 Å². The van der Waals surface area contributed by atoms with Gasteiger partial charge in [0.05, 0.1) is 34.5 Å². The molecule has 0 bridgehead atoms. The molecule has 1 aliphatic rings. The summed E-state index contributed by atoms with van der Waals surface area (Å²) in [4.78, 5) is 44.7. The van der Waals surface area contributed by atoms with Gasteiger partial charge in [0.25, 0.3) is 5.56 Å².